The van der Waals surface area contributed by atoms with Crippen LogP contribution < -0.4 is 10.6 Å². The zero-order chi connectivity index (χ0) is 13.8. The molecule has 0 amide bonds. The third-order valence-corrected chi connectivity index (χ3v) is 3.41. The minimum atomic E-state index is 0.161. The van der Waals surface area contributed by atoms with Crippen LogP contribution in [-0.2, 0) is 0 Å². The van der Waals surface area contributed by atoms with Crippen molar-refractivity contribution < 1.29 is 0 Å². The van der Waals surface area contributed by atoms with Gasteiger partial charge in [0.1, 0.15) is 0 Å². The molecule has 1 atom stereocenters. The van der Waals surface area contributed by atoms with Gasteiger partial charge in [0, 0.05) is 24.7 Å². The van der Waals surface area contributed by atoms with Gasteiger partial charge in [0.15, 0.2) is 0 Å². The van der Waals surface area contributed by atoms with E-state index < -0.39 is 0 Å². The van der Waals surface area contributed by atoms with Gasteiger partial charge in [-0.05, 0) is 45.4 Å². The van der Waals surface area contributed by atoms with E-state index in [2.05, 4.69) is 38.3 Å². The van der Waals surface area contributed by atoms with Gasteiger partial charge in [0.05, 0.1) is 10.0 Å². The second-order valence-corrected chi connectivity index (χ2v) is 6.34. The van der Waals surface area contributed by atoms with Gasteiger partial charge in [-0.1, -0.05) is 29.3 Å². The van der Waals surface area contributed by atoms with E-state index in [1.54, 1.807) is 0 Å². The van der Waals surface area contributed by atoms with E-state index in [0.717, 1.165) is 18.7 Å². The highest BCUT2D eigenvalue weighted by atomic mass is 35.5. The highest BCUT2D eigenvalue weighted by Gasteiger charge is 2.09. The molecule has 2 N–H and O–H groups in total. The third kappa shape index (κ3) is 5.57. The first-order valence-electron chi connectivity index (χ1n) is 6.23. The summed E-state index contributed by atoms with van der Waals surface area (Å²) in [6.45, 7) is 10.5. The molecule has 102 valence electrons. The fourth-order valence-corrected chi connectivity index (χ4v) is 1.93. The maximum atomic E-state index is 6.01. The van der Waals surface area contributed by atoms with Crippen LogP contribution in [0.2, 0.25) is 10.0 Å². The van der Waals surface area contributed by atoms with Crippen LogP contribution >= 0.6 is 23.2 Å². The van der Waals surface area contributed by atoms with Crippen molar-refractivity contribution in [1.82, 2.24) is 10.6 Å². The quantitative estimate of drug-likeness (QED) is 0.800. The highest BCUT2D eigenvalue weighted by molar-refractivity contribution is 6.42. The Morgan fingerprint density at radius 3 is 2.33 bits per heavy atom. The van der Waals surface area contributed by atoms with Crippen LogP contribution in [0.1, 0.15) is 39.3 Å². The van der Waals surface area contributed by atoms with E-state index in [-0.39, 0.29) is 11.6 Å². The standard InChI is InChI=1S/C14H22Cl2N2/c1-10(17-7-8-18-14(2,3)4)11-5-6-12(15)13(16)9-11/h5-6,9-10,17-18H,7-8H2,1-4H3. The average Bonchev–Trinajstić information content (AvgIpc) is 2.26. The van der Waals surface area contributed by atoms with Crippen LogP contribution in [0.25, 0.3) is 0 Å². The minimum absolute atomic E-state index is 0.161. The summed E-state index contributed by atoms with van der Waals surface area (Å²) in [7, 11) is 0. The van der Waals surface area contributed by atoms with E-state index in [1.807, 2.05) is 18.2 Å². The van der Waals surface area contributed by atoms with E-state index in [9.17, 15) is 0 Å². The Morgan fingerprint density at radius 1 is 1.11 bits per heavy atom. The summed E-state index contributed by atoms with van der Waals surface area (Å²) in [6.07, 6.45) is 0. The molecule has 0 aliphatic carbocycles. The molecule has 4 heteroatoms. The lowest BCUT2D eigenvalue weighted by Crippen LogP contribution is -2.40. The maximum Gasteiger partial charge on any atom is 0.0595 e. The molecule has 1 unspecified atom stereocenters. The number of benzene rings is 1. The van der Waals surface area contributed by atoms with Crippen molar-refractivity contribution in [2.75, 3.05) is 13.1 Å². The minimum Gasteiger partial charge on any atom is -0.311 e. The second-order valence-electron chi connectivity index (χ2n) is 5.53. The van der Waals surface area contributed by atoms with Gasteiger partial charge in [-0.25, -0.2) is 0 Å². The van der Waals surface area contributed by atoms with E-state index in [4.69, 9.17) is 23.2 Å². The topological polar surface area (TPSA) is 24.1 Å². The number of halogens is 2. The summed E-state index contributed by atoms with van der Waals surface area (Å²) in [5.74, 6) is 0. The molecule has 0 aromatic heterocycles. The molecular formula is C14H22Cl2N2. The van der Waals surface area contributed by atoms with Gasteiger partial charge >= 0.3 is 0 Å². The molecule has 1 aromatic carbocycles. The Kier molecular flexibility index (Phi) is 5.93. The summed E-state index contributed by atoms with van der Waals surface area (Å²) in [4.78, 5) is 0. The largest absolute Gasteiger partial charge is 0.311 e. The van der Waals surface area contributed by atoms with Gasteiger partial charge < -0.3 is 10.6 Å². The molecule has 0 heterocycles. The number of hydrogen-bond donors (Lipinski definition) is 2. The molecule has 0 fully saturated rings. The van der Waals surface area contributed by atoms with Gasteiger partial charge in [0.25, 0.3) is 0 Å². The van der Waals surface area contributed by atoms with Crippen LogP contribution in [0, 0.1) is 0 Å². The van der Waals surface area contributed by atoms with Crippen LogP contribution in [0.15, 0.2) is 18.2 Å². The van der Waals surface area contributed by atoms with Gasteiger partial charge in [-0.2, -0.15) is 0 Å². The second kappa shape index (κ2) is 6.76. The Bertz CT molecular complexity index is 386. The molecule has 18 heavy (non-hydrogen) atoms. The monoisotopic (exact) mass is 288 g/mol. The van der Waals surface area contributed by atoms with Gasteiger partial charge in [0.2, 0.25) is 0 Å². The van der Waals surface area contributed by atoms with Crippen molar-refractivity contribution >= 4 is 23.2 Å². The van der Waals surface area contributed by atoms with Gasteiger partial charge in [-0.15, -0.1) is 0 Å². The van der Waals surface area contributed by atoms with Crippen molar-refractivity contribution in [3.8, 4) is 0 Å². The van der Waals surface area contributed by atoms with Crippen molar-refractivity contribution in [2.45, 2.75) is 39.3 Å². The summed E-state index contributed by atoms with van der Waals surface area (Å²) >= 11 is 11.9. The van der Waals surface area contributed by atoms with Crippen molar-refractivity contribution in [1.29, 1.82) is 0 Å². The predicted octanol–water partition coefficient (Wildman–Crippen LogP) is 4.03. The van der Waals surface area contributed by atoms with Crippen LogP contribution in [0.3, 0.4) is 0 Å². The normalized spacial score (nSPS) is 13.7. The zero-order valence-electron chi connectivity index (χ0n) is 11.5. The summed E-state index contributed by atoms with van der Waals surface area (Å²) in [5, 5.41) is 8.10. The van der Waals surface area contributed by atoms with Crippen LogP contribution in [-0.4, -0.2) is 18.6 Å². The summed E-state index contributed by atoms with van der Waals surface area (Å²) < 4.78 is 0. The highest BCUT2D eigenvalue weighted by Crippen LogP contribution is 2.25. The Hall–Kier alpha value is -0.280. The summed E-state index contributed by atoms with van der Waals surface area (Å²) in [6, 6.07) is 6.02. The lowest BCUT2D eigenvalue weighted by atomic mass is 10.1. The van der Waals surface area contributed by atoms with Crippen molar-refractivity contribution in [3.63, 3.8) is 0 Å². The smallest absolute Gasteiger partial charge is 0.0595 e. The van der Waals surface area contributed by atoms with E-state index in [0.29, 0.717) is 10.0 Å². The average molecular weight is 289 g/mol. The predicted molar refractivity (Wildman–Crippen MR) is 80.6 cm³/mol. The SMILES string of the molecule is CC(NCCNC(C)(C)C)c1ccc(Cl)c(Cl)c1. The fourth-order valence-electron chi connectivity index (χ4n) is 1.63. The first kappa shape index (κ1) is 15.8. The number of nitrogens with one attached hydrogen (secondary N) is 2. The Labute approximate surface area is 120 Å². The van der Waals surface area contributed by atoms with Crippen LogP contribution in [0.5, 0.6) is 0 Å². The molecular weight excluding hydrogens is 267 g/mol. The van der Waals surface area contributed by atoms with Gasteiger partial charge in [-0.3, -0.25) is 0 Å². The first-order valence-corrected chi connectivity index (χ1v) is 6.98. The molecule has 2 nitrogen and oxygen atoms in total. The molecule has 1 rings (SSSR count). The zero-order valence-corrected chi connectivity index (χ0v) is 13.0. The van der Waals surface area contributed by atoms with Crippen LogP contribution in [0.4, 0.5) is 0 Å². The lowest BCUT2D eigenvalue weighted by molar-refractivity contribution is 0.414. The molecule has 0 spiro atoms. The summed E-state index contributed by atoms with van der Waals surface area (Å²) in [5.41, 5.74) is 1.31. The molecule has 0 aliphatic heterocycles. The van der Waals surface area contributed by atoms with E-state index >= 15 is 0 Å². The molecule has 0 aliphatic rings. The third-order valence-electron chi connectivity index (χ3n) is 2.67. The van der Waals surface area contributed by atoms with Crippen molar-refractivity contribution in [2.24, 2.45) is 0 Å². The number of hydrogen-bond acceptors (Lipinski definition) is 2. The Morgan fingerprint density at radius 2 is 1.78 bits per heavy atom. The Balaban J connectivity index is 2.41. The molecule has 0 saturated heterocycles. The fraction of sp³-hybridized carbons (Fsp3) is 0.571. The number of rotatable bonds is 5. The molecule has 0 saturated carbocycles. The molecule has 1 aromatic rings. The lowest BCUT2D eigenvalue weighted by Gasteiger charge is -2.22. The first-order chi connectivity index (χ1) is 8.29. The van der Waals surface area contributed by atoms with Crippen molar-refractivity contribution in [3.05, 3.63) is 33.8 Å². The molecule has 0 bridgehead atoms. The molecule has 0 radical (unpaired) electrons. The maximum absolute atomic E-state index is 6.01. The van der Waals surface area contributed by atoms with E-state index in [1.165, 1.54) is 0 Å².